The molecular weight excluding hydrogens is 406 g/mol. The van der Waals surface area contributed by atoms with Crippen LogP contribution in [0, 0.1) is 17.0 Å². The standard InChI is InChI=1S/C22H18ClN3O4/c1-15-4-2-3-5-20(15)22(27)25-24-13-17-12-18(23)8-11-21(17)30-14-16-6-9-19(10-7-16)26(28)29/h2-13H,14H2,1H3,(H,25,27)/b24-13-. The summed E-state index contributed by atoms with van der Waals surface area (Å²) < 4.78 is 5.81. The number of carbonyl (C=O) groups is 1. The van der Waals surface area contributed by atoms with Crippen LogP contribution in [0.25, 0.3) is 0 Å². The SMILES string of the molecule is Cc1ccccc1C(=O)N/N=C\c1cc(Cl)ccc1OCc1ccc([N+](=O)[O-])cc1. The normalized spacial score (nSPS) is 10.7. The third-order valence-corrected chi connectivity index (χ3v) is 4.51. The first-order chi connectivity index (χ1) is 14.4. The second-order valence-corrected chi connectivity index (χ2v) is 6.84. The van der Waals surface area contributed by atoms with Crippen LogP contribution in [0.3, 0.4) is 0 Å². The minimum absolute atomic E-state index is 0.0162. The van der Waals surface area contributed by atoms with Crippen molar-refractivity contribution in [2.24, 2.45) is 5.10 Å². The highest BCUT2D eigenvalue weighted by Crippen LogP contribution is 2.23. The Bertz CT molecular complexity index is 1100. The van der Waals surface area contributed by atoms with Crippen LogP contribution in [-0.4, -0.2) is 17.0 Å². The number of hydrogen-bond acceptors (Lipinski definition) is 5. The number of benzene rings is 3. The quantitative estimate of drug-likeness (QED) is 0.332. The molecule has 30 heavy (non-hydrogen) atoms. The molecule has 0 aliphatic heterocycles. The number of carbonyl (C=O) groups excluding carboxylic acids is 1. The van der Waals surface area contributed by atoms with E-state index in [0.717, 1.165) is 11.1 Å². The Balaban J connectivity index is 1.68. The fourth-order valence-corrected chi connectivity index (χ4v) is 2.86. The number of hydrazone groups is 1. The van der Waals surface area contributed by atoms with Gasteiger partial charge in [-0.15, -0.1) is 0 Å². The lowest BCUT2D eigenvalue weighted by atomic mass is 10.1. The molecule has 0 spiro atoms. The smallest absolute Gasteiger partial charge is 0.271 e. The first-order valence-electron chi connectivity index (χ1n) is 8.99. The van der Waals surface area contributed by atoms with Gasteiger partial charge >= 0.3 is 0 Å². The van der Waals surface area contributed by atoms with Crippen LogP contribution >= 0.6 is 11.6 Å². The van der Waals surface area contributed by atoms with E-state index in [-0.39, 0.29) is 18.2 Å². The highest BCUT2D eigenvalue weighted by Gasteiger charge is 2.08. The molecule has 3 aromatic rings. The van der Waals surface area contributed by atoms with E-state index in [0.29, 0.717) is 21.9 Å². The monoisotopic (exact) mass is 423 g/mol. The summed E-state index contributed by atoms with van der Waals surface area (Å²) in [7, 11) is 0. The zero-order chi connectivity index (χ0) is 21.5. The van der Waals surface area contributed by atoms with Crippen molar-refractivity contribution in [3.63, 3.8) is 0 Å². The van der Waals surface area contributed by atoms with Crippen LogP contribution in [0.15, 0.2) is 71.8 Å². The lowest BCUT2D eigenvalue weighted by Gasteiger charge is -2.10. The Morgan fingerprint density at radius 1 is 1.17 bits per heavy atom. The molecule has 3 rings (SSSR count). The Kier molecular flexibility index (Phi) is 6.77. The predicted octanol–water partition coefficient (Wildman–Crippen LogP) is 4.90. The molecule has 0 bridgehead atoms. The molecule has 0 atom stereocenters. The molecule has 8 heteroatoms. The molecule has 0 aromatic heterocycles. The molecule has 0 fully saturated rings. The van der Waals surface area contributed by atoms with Gasteiger partial charge in [0.2, 0.25) is 0 Å². The number of non-ortho nitro benzene ring substituents is 1. The van der Waals surface area contributed by atoms with Crippen molar-refractivity contribution in [3.05, 3.63) is 104 Å². The topological polar surface area (TPSA) is 93.8 Å². The van der Waals surface area contributed by atoms with E-state index in [9.17, 15) is 14.9 Å². The maximum absolute atomic E-state index is 12.3. The molecule has 3 aromatic carbocycles. The van der Waals surface area contributed by atoms with Crippen molar-refractivity contribution in [3.8, 4) is 5.75 Å². The molecule has 152 valence electrons. The third kappa shape index (κ3) is 5.42. The first kappa shape index (κ1) is 21.0. The van der Waals surface area contributed by atoms with Crippen LogP contribution in [0.4, 0.5) is 5.69 Å². The van der Waals surface area contributed by atoms with Gasteiger partial charge in [0.05, 0.1) is 11.1 Å². The van der Waals surface area contributed by atoms with Crippen LogP contribution in [0.1, 0.15) is 27.0 Å². The zero-order valence-electron chi connectivity index (χ0n) is 16.0. The van der Waals surface area contributed by atoms with Gasteiger partial charge < -0.3 is 4.74 Å². The average Bonchev–Trinajstić information content (AvgIpc) is 2.73. The maximum Gasteiger partial charge on any atom is 0.271 e. The minimum Gasteiger partial charge on any atom is -0.488 e. The largest absolute Gasteiger partial charge is 0.488 e. The number of aryl methyl sites for hydroxylation is 1. The summed E-state index contributed by atoms with van der Waals surface area (Å²) in [6, 6.07) is 18.3. The summed E-state index contributed by atoms with van der Waals surface area (Å²) in [5, 5.41) is 15.2. The Labute approximate surface area is 178 Å². The van der Waals surface area contributed by atoms with Gasteiger partial charge in [-0.05, 0) is 54.4 Å². The van der Waals surface area contributed by atoms with E-state index in [2.05, 4.69) is 10.5 Å². The van der Waals surface area contributed by atoms with Gasteiger partial charge in [-0.3, -0.25) is 14.9 Å². The summed E-state index contributed by atoms with van der Waals surface area (Å²) in [5.41, 5.74) is 5.24. The van der Waals surface area contributed by atoms with Crippen LogP contribution in [0.5, 0.6) is 5.75 Å². The van der Waals surface area contributed by atoms with E-state index in [4.69, 9.17) is 16.3 Å². The Morgan fingerprint density at radius 3 is 2.60 bits per heavy atom. The fraction of sp³-hybridized carbons (Fsp3) is 0.0909. The summed E-state index contributed by atoms with van der Waals surface area (Å²) >= 11 is 6.07. The summed E-state index contributed by atoms with van der Waals surface area (Å²) in [5.74, 6) is 0.186. The van der Waals surface area contributed by atoms with E-state index >= 15 is 0 Å². The number of ether oxygens (including phenoxy) is 1. The number of nitrogens with one attached hydrogen (secondary N) is 1. The van der Waals surface area contributed by atoms with Gasteiger partial charge in [0.25, 0.3) is 11.6 Å². The number of nitrogens with zero attached hydrogens (tertiary/aromatic N) is 2. The highest BCUT2D eigenvalue weighted by molar-refractivity contribution is 6.30. The minimum atomic E-state index is -0.455. The number of amides is 1. The van der Waals surface area contributed by atoms with E-state index < -0.39 is 4.92 Å². The van der Waals surface area contributed by atoms with E-state index in [1.165, 1.54) is 18.3 Å². The molecule has 0 heterocycles. The Morgan fingerprint density at radius 2 is 1.90 bits per heavy atom. The molecule has 7 nitrogen and oxygen atoms in total. The number of rotatable bonds is 7. The molecule has 0 radical (unpaired) electrons. The molecule has 0 aliphatic rings. The zero-order valence-corrected chi connectivity index (χ0v) is 16.8. The maximum atomic E-state index is 12.3. The van der Waals surface area contributed by atoms with Crippen LogP contribution in [-0.2, 0) is 6.61 Å². The first-order valence-corrected chi connectivity index (χ1v) is 9.36. The van der Waals surface area contributed by atoms with Crippen molar-refractivity contribution in [1.29, 1.82) is 0 Å². The van der Waals surface area contributed by atoms with Gasteiger partial charge in [-0.2, -0.15) is 5.10 Å². The summed E-state index contributed by atoms with van der Waals surface area (Å²) in [6.07, 6.45) is 1.45. The van der Waals surface area contributed by atoms with Gasteiger partial charge in [0, 0.05) is 28.3 Å². The average molecular weight is 424 g/mol. The lowest BCUT2D eigenvalue weighted by molar-refractivity contribution is -0.384. The van der Waals surface area contributed by atoms with Gasteiger partial charge in [0.1, 0.15) is 12.4 Å². The molecule has 0 unspecified atom stereocenters. The number of nitro benzene ring substituents is 1. The predicted molar refractivity (Wildman–Crippen MR) is 115 cm³/mol. The van der Waals surface area contributed by atoms with E-state index in [1.807, 2.05) is 19.1 Å². The van der Waals surface area contributed by atoms with E-state index in [1.54, 1.807) is 42.5 Å². The number of halogens is 1. The van der Waals surface area contributed by atoms with Crippen molar-refractivity contribution in [2.75, 3.05) is 0 Å². The molecule has 0 saturated heterocycles. The van der Waals surface area contributed by atoms with Crippen LogP contribution < -0.4 is 10.2 Å². The number of nitro groups is 1. The summed E-state index contributed by atoms with van der Waals surface area (Å²) in [4.78, 5) is 22.6. The van der Waals surface area contributed by atoms with Crippen LogP contribution in [0.2, 0.25) is 5.02 Å². The van der Waals surface area contributed by atoms with Crippen molar-refractivity contribution >= 4 is 29.4 Å². The van der Waals surface area contributed by atoms with Gasteiger partial charge in [-0.1, -0.05) is 29.8 Å². The molecule has 0 saturated carbocycles. The van der Waals surface area contributed by atoms with Crippen molar-refractivity contribution < 1.29 is 14.5 Å². The second kappa shape index (κ2) is 9.67. The van der Waals surface area contributed by atoms with Gasteiger partial charge in [0.15, 0.2) is 0 Å². The van der Waals surface area contributed by atoms with Gasteiger partial charge in [-0.25, -0.2) is 5.43 Å². The molecule has 0 aliphatic carbocycles. The molecular formula is C22H18ClN3O4. The fourth-order valence-electron chi connectivity index (χ4n) is 2.67. The number of hydrogen-bond donors (Lipinski definition) is 1. The van der Waals surface area contributed by atoms with Crippen molar-refractivity contribution in [2.45, 2.75) is 13.5 Å². The highest BCUT2D eigenvalue weighted by atomic mass is 35.5. The molecule has 1 N–H and O–H groups in total. The Hall–Kier alpha value is -3.71. The molecule has 1 amide bonds. The van der Waals surface area contributed by atoms with Crippen molar-refractivity contribution in [1.82, 2.24) is 5.43 Å². The summed E-state index contributed by atoms with van der Waals surface area (Å²) in [6.45, 7) is 2.05. The second-order valence-electron chi connectivity index (χ2n) is 6.41. The third-order valence-electron chi connectivity index (χ3n) is 4.27. The lowest BCUT2D eigenvalue weighted by Crippen LogP contribution is -2.18.